The van der Waals surface area contributed by atoms with Crippen molar-refractivity contribution in [2.75, 3.05) is 11.5 Å². The van der Waals surface area contributed by atoms with Gasteiger partial charge in [-0.05, 0) is 87.6 Å². The van der Waals surface area contributed by atoms with Gasteiger partial charge in [-0.15, -0.1) is 10.2 Å². The number of carbonyl (C=O) groups excluding carboxylic acids is 1. The highest BCUT2D eigenvalue weighted by Gasteiger charge is 2.44. The predicted molar refractivity (Wildman–Crippen MR) is 210 cm³/mol. The number of alkyl halides is 1. The summed E-state index contributed by atoms with van der Waals surface area (Å²) in [5.41, 5.74) is 10.0. The Morgan fingerprint density at radius 3 is 2.30 bits per heavy atom. The lowest BCUT2D eigenvalue weighted by Gasteiger charge is -2.38. The molecule has 53 heavy (non-hydrogen) atoms. The lowest BCUT2D eigenvalue weighted by molar-refractivity contribution is 0.0951. The zero-order valence-electron chi connectivity index (χ0n) is 31.1. The van der Waals surface area contributed by atoms with Gasteiger partial charge in [-0.1, -0.05) is 59.6 Å². The highest BCUT2D eigenvalue weighted by Crippen LogP contribution is 2.48. The molecule has 2 atom stereocenters. The number of halogens is 2. The summed E-state index contributed by atoms with van der Waals surface area (Å²) in [7, 11) is 5.64. The van der Waals surface area contributed by atoms with E-state index in [1.165, 1.54) is 4.80 Å². The van der Waals surface area contributed by atoms with Gasteiger partial charge < -0.3 is 13.9 Å². The normalized spacial score (nSPS) is 16.0. The summed E-state index contributed by atoms with van der Waals surface area (Å²) in [5, 5.41) is 20.5. The summed E-state index contributed by atoms with van der Waals surface area (Å²) < 4.78 is 12.3. The van der Waals surface area contributed by atoms with Crippen molar-refractivity contribution in [3.63, 3.8) is 0 Å². The molecule has 1 aliphatic rings. The fourth-order valence-electron chi connectivity index (χ4n) is 8.16. The van der Waals surface area contributed by atoms with Crippen molar-refractivity contribution in [1.29, 1.82) is 0 Å². The van der Waals surface area contributed by atoms with Crippen molar-refractivity contribution < 1.29 is 9.53 Å². The highest BCUT2D eigenvalue weighted by molar-refractivity contribution is 6.32. The Balaban J connectivity index is 1.31. The molecule has 11 nitrogen and oxygen atoms in total. The van der Waals surface area contributed by atoms with E-state index in [-0.39, 0.29) is 11.9 Å². The van der Waals surface area contributed by atoms with Crippen molar-refractivity contribution in [3.05, 3.63) is 93.4 Å². The van der Waals surface area contributed by atoms with Crippen molar-refractivity contribution in [2.24, 2.45) is 21.1 Å². The molecule has 0 spiro atoms. The molecule has 1 unspecified atom stereocenters. The predicted octanol–water partition coefficient (Wildman–Crippen LogP) is 8.41. The fraction of sp³-hybridized carbons (Fsp3) is 0.325. The molecule has 0 radical (unpaired) electrons. The van der Waals surface area contributed by atoms with Crippen LogP contribution in [0.15, 0.2) is 54.6 Å². The van der Waals surface area contributed by atoms with Crippen LogP contribution in [-0.4, -0.2) is 57.1 Å². The van der Waals surface area contributed by atoms with Gasteiger partial charge in [0.05, 0.1) is 42.1 Å². The maximum atomic E-state index is 15.4. The Labute approximate surface area is 317 Å². The minimum atomic E-state index is -0.747. The summed E-state index contributed by atoms with van der Waals surface area (Å²) in [5.74, 6) is 0.998. The molecule has 4 aromatic heterocycles. The number of aryl methyl sites for hydroxylation is 7. The molecule has 272 valence electrons. The lowest BCUT2D eigenvalue weighted by atomic mass is 9.98. The molecule has 1 amide bonds. The topological polar surface area (TPSA) is 101 Å². The van der Waals surface area contributed by atoms with Crippen LogP contribution in [0, 0.1) is 27.7 Å². The molecule has 0 saturated heterocycles. The Bertz CT molecular complexity index is 2570. The largest absolute Gasteiger partial charge is 0.494 e. The Morgan fingerprint density at radius 1 is 0.906 bits per heavy atom. The molecule has 0 N–H and O–H groups in total. The van der Waals surface area contributed by atoms with E-state index in [2.05, 4.69) is 52.0 Å². The minimum absolute atomic E-state index is 0.189. The average Bonchev–Trinajstić information content (AvgIpc) is 3.86. The van der Waals surface area contributed by atoms with Crippen LogP contribution < -0.4 is 9.64 Å². The van der Waals surface area contributed by atoms with Gasteiger partial charge in [0.15, 0.2) is 0 Å². The van der Waals surface area contributed by atoms with E-state index in [1.54, 1.807) is 11.9 Å². The third-order valence-corrected chi connectivity index (χ3v) is 11.8. The first-order chi connectivity index (χ1) is 25.4. The van der Waals surface area contributed by atoms with Gasteiger partial charge in [-0.25, -0.2) is 0 Å². The van der Waals surface area contributed by atoms with Gasteiger partial charge >= 0.3 is 0 Å². The molecule has 8 rings (SSSR count). The maximum Gasteiger partial charge on any atom is 0.276 e. The molecular weight excluding hydrogens is 709 g/mol. The number of hydrogen-bond donors (Lipinski definition) is 0. The third-order valence-electron chi connectivity index (χ3n) is 10.7. The van der Waals surface area contributed by atoms with Crippen LogP contribution >= 0.6 is 23.2 Å². The van der Waals surface area contributed by atoms with Gasteiger partial charge in [0.25, 0.3) is 5.91 Å². The van der Waals surface area contributed by atoms with Crippen molar-refractivity contribution in [2.45, 2.75) is 59.0 Å². The van der Waals surface area contributed by atoms with Crippen LogP contribution in [0.3, 0.4) is 0 Å². The zero-order valence-corrected chi connectivity index (χ0v) is 32.6. The molecule has 0 saturated carbocycles. The Morgan fingerprint density at radius 2 is 1.62 bits per heavy atom. The smallest absolute Gasteiger partial charge is 0.276 e. The van der Waals surface area contributed by atoms with E-state index in [9.17, 15) is 0 Å². The second kappa shape index (κ2) is 13.1. The summed E-state index contributed by atoms with van der Waals surface area (Å²) in [6.07, 6.45) is 1.28. The van der Waals surface area contributed by atoms with E-state index >= 15 is 4.79 Å². The molecule has 13 heteroatoms. The van der Waals surface area contributed by atoms with Crippen LogP contribution in [-0.2, 0) is 27.6 Å². The molecule has 0 aliphatic carbocycles. The summed E-state index contributed by atoms with van der Waals surface area (Å²) in [4.78, 5) is 18.6. The molecule has 3 aromatic carbocycles. The number of fused-ring (bicyclic) bond motifs is 4. The first kappa shape index (κ1) is 34.9. The van der Waals surface area contributed by atoms with Crippen molar-refractivity contribution in [1.82, 2.24) is 39.1 Å². The molecule has 0 fully saturated rings. The molecule has 7 aromatic rings. The summed E-state index contributed by atoms with van der Waals surface area (Å²) in [6.45, 7) is 10.6. The van der Waals surface area contributed by atoms with Crippen molar-refractivity contribution in [3.8, 4) is 28.4 Å². The van der Waals surface area contributed by atoms with Crippen LogP contribution in [0.1, 0.15) is 58.0 Å². The van der Waals surface area contributed by atoms with Crippen LogP contribution in [0.25, 0.3) is 44.5 Å². The number of amides is 1. The molecular formula is C40H41Cl2N9O2. The number of tetrazole rings is 1. The summed E-state index contributed by atoms with van der Waals surface area (Å²) in [6, 6.07) is 17.9. The van der Waals surface area contributed by atoms with E-state index < -0.39 is 5.50 Å². The van der Waals surface area contributed by atoms with Crippen LogP contribution in [0.4, 0.5) is 5.69 Å². The number of rotatable bonds is 8. The minimum Gasteiger partial charge on any atom is -0.494 e. The number of benzene rings is 3. The number of hydrogen-bond acceptors (Lipinski definition) is 6. The van der Waals surface area contributed by atoms with E-state index in [0.29, 0.717) is 42.3 Å². The molecule has 5 heterocycles. The zero-order chi connectivity index (χ0) is 37.5. The Hall–Kier alpha value is -5.13. The lowest BCUT2D eigenvalue weighted by Crippen LogP contribution is -2.48. The number of ether oxygens (including phenoxy) is 1. The second-order valence-electron chi connectivity index (χ2n) is 14.1. The highest BCUT2D eigenvalue weighted by atomic mass is 35.5. The maximum absolute atomic E-state index is 15.4. The monoisotopic (exact) mass is 749 g/mol. The van der Waals surface area contributed by atoms with Crippen LogP contribution in [0.5, 0.6) is 5.75 Å². The van der Waals surface area contributed by atoms with E-state index in [4.69, 9.17) is 33.0 Å². The van der Waals surface area contributed by atoms with Crippen molar-refractivity contribution >= 4 is 56.6 Å². The van der Waals surface area contributed by atoms with E-state index in [1.807, 2.05) is 80.5 Å². The number of anilines is 1. The molecule has 1 aliphatic heterocycles. The second-order valence-corrected chi connectivity index (χ2v) is 14.9. The van der Waals surface area contributed by atoms with Gasteiger partial charge in [0.2, 0.25) is 5.82 Å². The SMILES string of the molecule is Cc1cc(OCCCc2c3n(c4c(-c5c(C)nn(C)c5C)cccc24)C(C)[C@@H](Cl)N(c2c(-c4nnn(C)n4)n(C)c4ccccc24)C3=O)cc(C)c1Cl. The van der Waals surface area contributed by atoms with Gasteiger partial charge in [-0.3, -0.25) is 14.4 Å². The fourth-order valence-corrected chi connectivity index (χ4v) is 8.57. The Kier molecular flexibility index (Phi) is 8.61. The number of para-hydroxylation sites is 2. The van der Waals surface area contributed by atoms with Crippen LogP contribution in [0.2, 0.25) is 5.02 Å². The number of carbonyl (C=O) groups is 1. The first-order valence-electron chi connectivity index (χ1n) is 17.7. The van der Waals surface area contributed by atoms with Gasteiger partial charge in [0.1, 0.15) is 22.6 Å². The quantitative estimate of drug-likeness (QED) is 0.0879. The number of nitrogens with zero attached hydrogens (tertiary/aromatic N) is 9. The average molecular weight is 751 g/mol. The molecule has 0 bridgehead atoms. The van der Waals surface area contributed by atoms with Gasteiger partial charge in [-0.2, -0.15) is 9.90 Å². The number of aromatic nitrogens is 8. The van der Waals surface area contributed by atoms with E-state index in [0.717, 1.165) is 71.8 Å². The standard InChI is InChI=1S/C40H41Cl2N9O2/c1-21-19-26(20-22(2)33(21)41)53-18-12-16-28-27-14-11-15-30(32-23(3)44-48(7)24(32)4)34(27)50-25(5)38(42)51(40(52)36(28)50)35-29-13-9-10-17-31(29)47(6)37(35)39-43-46-49(8)45-39/h9-11,13-15,17,19-20,25,38H,12,16,18H2,1-8H3/t25?,38-/m0/s1. The van der Waals surface area contributed by atoms with Gasteiger partial charge in [0, 0.05) is 46.7 Å². The first-order valence-corrected chi connectivity index (χ1v) is 18.6. The third kappa shape index (κ3) is 5.43. The summed E-state index contributed by atoms with van der Waals surface area (Å²) >= 11 is 14.0.